The molecule has 2 aromatic rings. The molecule has 35 heavy (non-hydrogen) atoms. The second-order valence-electron chi connectivity index (χ2n) is 10.0. The predicted molar refractivity (Wildman–Crippen MR) is 139 cm³/mol. The minimum Gasteiger partial charge on any atom is -0.395 e. The molecule has 4 rings (SSSR count). The summed E-state index contributed by atoms with van der Waals surface area (Å²) in [5.41, 5.74) is 1.85. The Hall–Kier alpha value is -2.41. The molecule has 10 nitrogen and oxygen atoms in total. The van der Waals surface area contributed by atoms with E-state index in [1.54, 1.807) is 23.6 Å². The van der Waals surface area contributed by atoms with Crippen LogP contribution in [0.3, 0.4) is 0 Å². The van der Waals surface area contributed by atoms with E-state index >= 15 is 0 Å². The van der Waals surface area contributed by atoms with Gasteiger partial charge in [-0.1, -0.05) is 0 Å². The van der Waals surface area contributed by atoms with E-state index in [-0.39, 0.29) is 24.0 Å². The zero-order valence-corrected chi connectivity index (χ0v) is 21.6. The molecule has 0 unspecified atom stereocenters. The van der Waals surface area contributed by atoms with Crippen LogP contribution in [0.4, 0.5) is 22.2 Å². The van der Waals surface area contributed by atoms with Crippen LogP contribution in [0, 0.1) is 5.41 Å². The first-order valence-corrected chi connectivity index (χ1v) is 14.2. The fourth-order valence-electron chi connectivity index (χ4n) is 4.16. The third-order valence-electron chi connectivity index (χ3n) is 6.58. The lowest BCUT2D eigenvalue weighted by Gasteiger charge is -2.35. The van der Waals surface area contributed by atoms with Gasteiger partial charge in [-0.15, -0.1) is 11.3 Å². The maximum absolute atomic E-state index is 13.0. The molecule has 12 heteroatoms. The Morgan fingerprint density at radius 1 is 1.20 bits per heavy atom. The molecular weight excluding hydrogens is 490 g/mol. The lowest BCUT2D eigenvalue weighted by Crippen LogP contribution is -2.35. The van der Waals surface area contributed by atoms with Gasteiger partial charge < -0.3 is 25.7 Å². The van der Waals surface area contributed by atoms with Crippen LogP contribution in [-0.4, -0.2) is 67.1 Å². The fraction of sp³-hybridized carbons (Fsp3) is 0.565. The van der Waals surface area contributed by atoms with Gasteiger partial charge in [-0.25, -0.2) is 13.4 Å². The molecule has 2 fully saturated rings. The first-order chi connectivity index (χ1) is 16.5. The number of sulfonamides is 1. The Kier molecular flexibility index (Phi) is 7.28. The zero-order valence-electron chi connectivity index (χ0n) is 20.0. The number of aliphatic hydroxyl groups is 2. The maximum atomic E-state index is 13.0. The molecule has 1 spiro atoms. The van der Waals surface area contributed by atoms with Crippen molar-refractivity contribution in [3.05, 3.63) is 29.3 Å². The molecule has 1 aliphatic carbocycles. The van der Waals surface area contributed by atoms with Gasteiger partial charge in [-0.05, 0) is 63.1 Å². The van der Waals surface area contributed by atoms with E-state index in [2.05, 4.69) is 25.2 Å². The molecule has 1 saturated heterocycles. The van der Waals surface area contributed by atoms with Crippen LogP contribution < -0.4 is 20.3 Å². The van der Waals surface area contributed by atoms with E-state index in [4.69, 9.17) is 5.11 Å². The lowest BCUT2D eigenvalue weighted by molar-refractivity contribution is 0.102. The van der Waals surface area contributed by atoms with Gasteiger partial charge in [0, 0.05) is 18.5 Å². The second-order valence-corrected chi connectivity index (χ2v) is 12.7. The van der Waals surface area contributed by atoms with E-state index in [9.17, 15) is 18.3 Å². The van der Waals surface area contributed by atoms with Gasteiger partial charge in [0.15, 0.2) is 5.13 Å². The normalized spacial score (nSPS) is 17.3. The summed E-state index contributed by atoms with van der Waals surface area (Å²) < 4.78 is 26.8. The number of aromatic nitrogens is 1. The van der Waals surface area contributed by atoms with Crippen molar-refractivity contribution in [1.82, 2.24) is 4.98 Å². The second kappa shape index (κ2) is 9.92. The number of piperidine rings is 1. The van der Waals surface area contributed by atoms with Crippen molar-refractivity contribution in [2.75, 3.05) is 52.3 Å². The summed E-state index contributed by atoms with van der Waals surface area (Å²) in [6, 6.07) is 5.01. The summed E-state index contributed by atoms with van der Waals surface area (Å²) in [5.74, 6) is -0.762. The third kappa shape index (κ3) is 6.43. The molecule has 2 aliphatic rings. The van der Waals surface area contributed by atoms with Gasteiger partial charge >= 0.3 is 0 Å². The highest BCUT2D eigenvalue weighted by atomic mass is 32.2. The van der Waals surface area contributed by atoms with Gasteiger partial charge in [0.2, 0.25) is 10.0 Å². The molecule has 0 radical (unpaired) electrons. The predicted octanol–water partition coefficient (Wildman–Crippen LogP) is 2.69. The Balaban J connectivity index is 1.55. The van der Waals surface area contributed by atoms with Crippen molar-refractivity contribution in [3.63, 3.8) is 0 Å². The number of rotatable bonds is 10. The number of thiazole rings is 1. The fourth-order valence-corrected chi connectivity index (χ4v) is 5.86. The molecule has 0 atom stereocenters. The Bertz CT molecular complexity index is 1170. The largest absolute Gasteiger partial charge is 0.395 e. The number of nitrogens with one attached hydrogen (secondary N) is 3. The standard InChI is InChI=1S/C23H33N5O5S2/c1-22(2,15-30)26-21-25-18(14-34-21)20(31)24-17-4-3-16(27-35(32,33)12-11-29)13-19(17)28-9-7-23(5-6-23)8-10-28/h3-4,13-14,27,29-30H,5-12,15H2,1-2H3,(H,24,31)(H,25,26). The van der Waals surface area contributed by atoms with Crippen molar-refractivity contribution < 1.29 is 23.4 Å². The van der Waals surface area contributed by atoms with E-state index in [0.717, 1.165) is 31.6 Å². The maximum Gasteiger partial charge on any atom is 0.275 e. The zero-order chi connectivity index (χ0) is 25.3. The van der Waals surface area contributed by atoms with Crippen LogP contribution >= 0.6 is 11.3 Å². The molecule has 1 saturated carbocycles. The highest BCUT2D eigenvalue weighted by Gasteiger charge is 2.44. The minimum absolute atomic E-state index is 0.0804. The quantitative estimate of drug-likeness (QED) is 0.320. The number of benzene rings is 1. The molecule has 1 aromatic carbocycles. The number of carbonyl (C=O) groups is 1. The Labute approximate surface area is 209 Å². The van der Waals surface area contributed by atoms with E-state index < -0.39 is 22.2 Å². The molecule has 1 amide bonds. The van der Waals surface area contributed by atoms with Gasteiger partial charge in [0.05, 0.1) is 41.6 Å². The van der Waals surface area contributed by atoms with Gasteiger partial charge in [0.25, 0.3) is 5.91 Å². The average Bonchev–Trinajstić information content (AvgIpc) is 3.39. The summed E-state index contributed by atoms with van der Waals surface area (Å²) in [6.45, 7) is 4.78. The van der Waals surface area contributed by atoms with Crippen LogP contribution in [-0.2, 0) is 10.0 Å². The summed E-state index contributed by atoms with van der Waals surface area (Å²) in [5, 5.41) is 26.7. The van der Waals surface area contributed by atoms with Crippen LogP contribution in [0.5, 0.6) is 0 Å². The van der Waals surface area contributed by atoms with Crippen molar-refractivity contribution in [2.24, 2.45) is 5.41 Å². The van der Waals surface area contributed by atoms with Crippen LogP contribution in [0.2, 0.25) is 0 Å². The van der Waals surface area contributed by atoms with E-state index in [1.165, 1.54) is 24.2 Å². The number of nitrogens with zero attached hydrogens (tertiary/aromatic N) is 2. The minimum atomic E-state index is -3.67. The number of aliphatic hydroxyl groups excluding tert-OH is 2. The number of hydrogen-bond acceptors (Lipinski definition) is 9. The van der Waals surface area contributed by atoms with Gasteiger partial charge in [-0.3, -0.25) is 9.52 Å². The third-order valence-corrected chi connectivity index (χ3v) is 8.60. The van der Waals surface area contributed by atoms with Crippen LogP contribution in [0.15, 0.2) is 23.6 Å². The molecule has 192 valence electrons. The summed E-state index contributed by atoms with van der Waals surface area (Å²) in [7, 11) is -3.67. The number of anilines is 4. The summed E-state index contributed by atoms with van der Waals surface area (Å²) >= 11 is 1.28. The van der Waals surface area contributed by atoms with Crippen molar-refractivity contribution in [3.8, 4) is 0 Å². The molecular formula is C23H33N5O5S2. The Morgan fingerprint density at radius 3 is 2.54 bits per heavy atom. The first-order valence-electron chi connectivity index (χ1n) is 11.7. The van der Waals surface area contributed by atoms with Gasteiger partial charge in [-0.2, -0.15) is 0 Å². The highest BCUT2D eigenvalue weighted by molar-refractivity contribution is 7.92. The smallest absolute Gasteiger partial charge is 0.275 e. The van der Waals surface area contributed by atoms with Crippen molar-refractivity contribution in [1.29, 1.82) is 0 Å². The SMILES string of the molecule is CC(C)(CO)Nc1nc(C(=O)Nc2ccc(NS(=O)(=O)CCO)cc2N2CCC3(CC2)CC3)cs1. The first kappa shape index (κ1) is 25.7. The molecule has 2 heterocycles. The number of carbonyl (C=O) groups excluding carboxylic acids is 1. The molecule has 1 aromatic heterocycles. The van der Waals surface area contributed by atoms with Crippen molar-refractivity contribution in [2.45, 2.75) is 45.1 Å². The highest BCUT2D eigenvalue weighted by Crippen LogP contribution is 2.54. The summed E-state index contributed by atoms with van der Waals surface area (Å²) in [4.78, 5) is 19.5. The van der Waals surface area contributed by atoms with E-state index in [0.29, 0.717) is 21.9 Å². The van der Waals surface area contributed by atoms with Crippen LogP contribution in [0.1, 0.15) is 50.0 Å². The van der Waals surface area contributed by atoms with E-state index in [1.807, 2.05) is 13.8 Å². The number of amides is 1. The molecule has 5 N–H and O–H groups in total. The van der Waals surface area contributed by atoms with Crippen molar-refractivity contribution >= 4 is 49.5 Å². The lowest BCUT2D eigenvalue weighted by atomic mass is 9.93. The topological polar surface area (TPSA) is 144 Å². The average molecular weight is 524 g/mol. The molecule has 0 bridgehead atoms. The number of hydrogen-bond donors (Lipinski definition) is 5. The van der Waals surface area contributed by atoms with Crippen LogP contribution in [0.25, 0.3) is 0 Å². The monoisotopic (exact) mass is 523 g/mol. The molecule has 1 aliphatic heterocycles. The summed E-state index contributed by atoms with van der Waals surface area (Å²) in [6.07, 6.45) is 4.67. The van der Waals surface area contributed by atoms with Gasteiger partial charge in [0.1, 0.15) is 5.69 Å². The Morgan fingerprint density at radius 2 is 1.91 bits per heavy atom.